The molecule has 1 heterocycles. The molecule has 5 heteroatoms. The normalized spacial score (nSPS) is 24.8. The van der Waals surface area contributed by atoms with E-state index in [0.29, 0.717) is 25.9 Å². The quantitative estimate of drug-likeness (QED) is 0.878. The highest BCUT2D eigenvalue weighted by Gasteiger charge is 2.49. The first kappa shape index (κ1) is 12.1. The van der Waals surface area contributed by atoms with Gasteiger partial charge in [0.05, 0.1) is 11.8 Å². The summed E-state index contributed by atoms with van der Waals surface area (Å²) in [5.74, 6) is -2.22. The molecular weight excluding hydrogens is 249 g/mol. The topological polar surface area (TPSA) is 57.6 Å². The van der Waals surface area contributed by atoms with E-state index in [1.807, 2.05) is 0 Å². The lowest BCUT2D eigenvalue weighted by molar-refractivity contribution is -0.142. The molecule has 1 N–H and O–H groups in total. The summed E-state index contributed by atoms with van der Waals surface area (Å²) in [6.45, 7) is 0.967. The van der Waals surface area contributed by atoms with Crippen LogP contribution in [0, 0.1) is 17.7 Å². The Bertz CT molecular complexity index is 558. The van der Waals surface area contributed by atoms with Crippen LogP contribution in [0.2, 0.25) is 0 Å². The van der Waals surface area contributed by atoms with Gasteiger partial charge in [0.2, 0.25) is 5.91 Å². The molecule has 0 bridgehead atoms. The summed E-state index contributed by atoms with van der Waals surface area (Å²) in [4.78, 5) is 24.6. The minimum absolute atomic E-state index is 0.109. The summed E-state index contributed by atoms with van der Waals surface area (Å²) >= 11 is 0. The molecule has 0 saturated heterocycles. The standard InChI is InChI=1S/C14H14FNO3/c15-10-2-1-8-3-4-16(7-9(8)5-10)13(17)11-6-12(11)14(18)19/h1-2,5,11-12H,3-4,6-7H2,(H,18,19). The van der Waals surface area contributed by atoms with E-state index in [-0.39, 0.29) is 17.6 Å². The van der Waals surface area contributed by atoms with Gasteiger partial charge in [-0.1, -0.05) is 6.07 Å². The molecule has 2 atom stereocenters. The van der Waals surface area contributed by atoms with Gasteiger partial charge >= 0.3 is 5.97 Å². The summed E-state index contributed by atoms with van der Waals surface area (Å²) < 4.78 is 13.2. The second-order valence-corrected chi connectivity index (χ2v) is 5.21. The van der Waals surface area contributed by atoms with Gasteiger partial charge in [0.25, 0.3) is 0 Å². The number of hydrogen-bond acceptors (Lipinski definition) is 2. The first-order valence-electron chi connectivity index (χ1n) is 6.35. The van der Waals surface area contributed by atoms with Crippen LogP contribution in [-0.4, -0.2) is 28.4 Å². The Balaban J connectivity index is 1.72. The summed E-state index contributed by atoms with van der Waals surface area (Å²) in [7, 11) is 0. The van der Waals surface area contributed by atoms with Gasteiger partial charge in [-0.3, -0.25) is 9.59 Å². The highest BCUT2D eigenvalue weighted by Crippen LogP contribution is 2.40. The molecule has 3 rings (SSSR count). The third kappa shape index (κ3) is 2.20. The predicted molar refractivity (Wildman–Crippen MR) is 64.8 cm³/mol. The van der Waals surface area contributed by atoms with Gasteiger partial charge in [-0.25, -0.2) is 4.39 Å². The van der Waals surface area contributed by atoms with Crippen molar-refractivity contribution in [1.29, 1.82) is 0 Å². The zero-order valence-electron chi connectivity index (χ0n) is 10.3. The van der Waals surface area contributed by atoms with E-state index in [1.54, 1.807) is 11.0 Å². The van der Waals surface area contributed by atoms with E-state index in [1.165, 1.54) is 12.1 Å². The Morgan fingerprint density at radius 2 is 2.05 bits per heavy atom. The van der Waals surface area contributed by atoms with Crippen molar-refractivity contribution in [2.75, 3.05) is 6.54 Å². The fourth-order valence-corrected chi connectivity index (χ4v) is 2.69. The smallest absolute Gasteiger partial charge is 0.307 e. The number of fused-ring (bicyclic) bond motifs is 1. The van der Waals surface area contributed by atoms with E-state index in [9.17, 15) is 14.0 Å². The second kappa shape index (κ2) is 4.33. The molecule has 1 fully saturated rings. The van der Waals surface area contributed by atoms with Crippen LogP contribution in [0.25, 0.3) is 0 Å². The molecule has 1 aliphatic carbocycles. The first-order chi connectivity index (χ1) is 9.06. The Morgan fingerprint density at radius 3 is 2.74 bits per heavy atom. The van der Waals surface area contributed by atoms with Crippen molar-refractivity contribution in [3.63, 3.8) is 0 Å². The minimum atomic E-state index is -0.901. The molecule has 0 radical (unpaired) electrons. The van der Waals surface area contributed by atoms with Crippen molar-refractivity contribution < 1.29 is 19.1 Å². The molecule has 1 amide bonds. The number of hydrogen-bond donors (Lipinski definition) is 1. The molecule has 2 aliphatic rings. The van der Waals surface area contributed by atoms with Gasteiger partial charge < -0.3 is 10.0 Å². The van der Waals surface area contributed by atoms with E-state index < -0.39 is 11.9 Å². The number of halogens is 1. The maximum absolute atomic E-state index is 13.2. The van der Waals surface area contributed by atoms with Crippen LogP contribution in [0.3, 0.4) is 0 Å². The highest BCUT2D eigenvalue weighted by molar-refractivity contribution is 5.89. The van der Waals surface area contributed by atoms with E-state index in [0.717, 1.165) is 11.1 Å². The van der Waals surface area contributed by atoms with Crippen LogP contribution in [-0.2, 0) is 22.6 Å². The number of aliphatic carboxylic acids is 1. The van der Waals surface area contributed by atoms with Gasteiger partial charge in [-0.2, -0.15) is 0 Å². The zero-order chi connectivity index (χ0) is 13.6. The molecule has 100 valence electrons. The lowest BCUT2D eigenvalue weighted by Crippen LogP contribution is -2.37. The number of nitrogens with zero attached hydrogens (tertiary/aromatic N) is 1. The molecule has 1 saturated carbocycles. The number of benzene rings is 1. The molecule has 4 nitrogen and oxygen atoms in total. The van der Waals surface area contributed by atoms with Gasteiger partial charge in [0.1, 0.15) is 5.82 Å². The summed E-state index contributed by atoms with van der Waals surface area (Å²) in [6.07, 6.45) is 1.13. The molecular formula is C14H14FNO3. The number of rotatable bonds is 2. The Morgan fingerprint density at radius 1 is 1.26 bits per heavy atom. The highest BCUT2D eigenvalue weighted by atomic mass is 19.1. The van der Waals surface area contributed by atoms with Crippen LogP contribution in [0.5, 0.6) is 0 Å². The number of carbonyl (C=O) groups excluding carboxylic acids is 1. The molecule has 2 unspecified atom stereocenters. The average molecular weight is 263 g/mol. The van der Waals surface area contributed by atoms with Crippen molar-refractivity contribution in [2.45, 2.75) is 19.4 Å². The minimum Gasteiger partial charge on any atom is -0.481 e. The molecule has 0 aromatic heterocycles. The third-order valence-electron chi connectivity index (χ3n) is 3.92. The van der Waals surface area contributed by atoms with E-state index in [4.69, 9.17) is 5.11 Å². The van der Waals surface area contributed by atoms with Crippen molar-refractivity contribution in [1.82, 2.24) is 4.90 Å². The van der Waals surface area contributed by atoms with E-state index in [2.05, 4.69) is 0 Å². The first-order valence-corrected chi connectivity index (χ1v) is 6.35. The van der Waals surface area contributed by atoms with Crippen molar-refractivity contribution in [3.05, 3.63) is 35.1 Å². The van der Waals surface area contributed by atoms with Crippen molar-refractivity contribution in [2.24, 2.45) is 11.8 Å². The van der Waals surface area contributed by atoms with Gasteiger partial charge in [-0.15, -0.1) is 0 Å². The van der Waals surface area contributed by atoms with Gasteiger partial charge in [0.15, 0.2) is 0 Å². The zero-order valence-corrected chi connectivity index (χ0v) is 10.3. The lowest BCUT2D eigenvalue weighted by atomic mass is 9.99. The molecule has 1 aliphatic heterocycles. The summed E-state index contributed by atoms with van der Waals surface area (Å²) in [5, 5.41) is 8.84. The number of carboxylic acids is 1. The molecule has 19 heavy (non-hydrogen) atoms. The van der Waals surface area contributed by atoms with Crippen LogP contribution in [0.15, 0.2) is 18.2 Å². The van der Waals surface area contributed by atoms with Gasteiger partial charge in [0, 0.05) is 13.1 Å². The largest absolute Gasteiger partial charge is 0.481 e. The van der Waals surface area contributed by atoms with Crippen LogP contribution in [0.4, 0.5) is 4.39 Å². The summed E-state index contributed by atoms with van der Waals surface area (Å²) in [6, 6.07) is 4.64. The maximum atomic E-state index is 13.2. The monoisotopic (exact) mass is 263 g/mol. The van der Waals surface area contributed by atoms with Crippen molar-refractivity contribution in [3.8, 4) is 0 Å². The van der Waals surface area contributed by atoms with Crippen LogP contribution >= 0.6 is 0 Å². The average Bonchev–Trinajstić information content (AvgIpc) is 3.17. The number of carbonyl (C=O) groups is 2. The number of carboxylic acid groups (broad SMARTS) is 1. The molecule has 0 spiro atoms. The Kier molecular flexibility index (Phi) is 2.77. The fraction of sp³-hybridized carbons (Fsp3) is 0.429. The lowest BCUT2D eigenvalue weighted by Gasteiger charge is -2.29. The second-order valence-electron chi connectivity index (χ2n) is 5.21. The predicted octanol–water partition coefficient (Wildman–Crippen LogP) is 1.43. The van der Waals surface area contributed by atoms with Crippen molar-refractivity contribution >= 4 is 11.9 Å². The van der Waals surface area contributed by atoms with E-state index >= 15 is 0 Å². The third-order valence-corrected chi connectivity index (χ3v) is 3.92. The fourth-order valence-electron chi connectivity index (χ4n) is 2.69. The molecule has 1 aromatic rings. The summed E-state index contributed by atoms with van der Waals surface area (Å²) in [5.41, 5.74) is 1.89. The Hall–Kier alpha value is -1.91. The maximum Gasteiger partial charge on any atom is 0.307 e. The Labute approximate surface area is 109 Å². The SMILES string of the molecule is O=C(O)C1CC1C(=O)N1CCc2ccc(F)cc2C1. The van der Waals surface area contributed by atoms with Gasteiger partial charge in [-0.05, 0) is 36.1 Å². The number of amides is 1. The molecule has 1 aromatic carbocycles. The van der Waals surface area contributed by atoms with Crippen LogP contribution < -0.4 is 0 Å². The van der Waals surface area contributed by atoms with Crippen LogP contribution in [0.1, 0.15) is 17.5 Å².